The Hall–Kier alpha value is -3.02. The quantitative estimate of drug-likeness (QED) is 0.780. The van der Waals surface area contributed by atoms with Crippen molar-refractivity contribution in [3.8, 4) is 11.5 Å². The van der Waals surface area contributed by atoms with Gasteiger partial charge in [0.25, 0.3) is 11.8 Å². The molecule has 154 valence electrons. The molecular formula is C23H28N2O4. The first kappa shape index (κ1) is 20.7. The highest BCUT2D eigenvalue weighted by Crippen LogP contribution is 2.18. The van der Waals surface area contributed by atoms with Crippen LogP contribution < -0.4 is 14.8 Å². The van der Waals surface area contributed by atoms with E-state index in [1.807, 2.05) is 55.1 Å². The molecule has 0 atom stereocenters. The van der Waals surface area contributed by atoms with Gasteiger partial charge in [-0.3, -0.25) is 9.59 Å². The summed E-state index contributed by atoms with van der Waals surface area (Å²) in [5.41, 5.74) is 1.79. The molecule has 29 heavy (non-hydrogen) atoms. The van der Waals surface area contributed by atoms with Gasteiger partial charge in [-0.15, -0.1) is 0 Å². The number of amides is 2. The molecule has 1 fully saturated rings. The van der Waals surface area contributed by atoms with E-state index in [-0.39, 0.29) is 24.5 Å². The highest BCUT2D eigenvalue weighted by atomic mass is 16.5. The molecule has 0 unspecified atom stereocenters. The van der Waals surface area contributed by atoms with Gasteiger partial charge in [0.1, 0.15) is 11.5 Å². The smallest absolute Gasteiger partial charge is 0.258 e. The van der Waals surface area contributed by atoms with Crippen molar-refractivity contribution in [3.63, 3.8) is 0 Å². The lowest BCUT2D eigenvalue weighted by atomic mass is 10.0. The molecule has 0 bridgehead atoms. The second kappa shape index (κ2) is 9.96. The van der Waals surface area contributed by atoms with Gasteiger partial charge in [-0.2, -0.15) is 0 Å². The zero-order valence-electron chi connectivity index (χ0n) is 17.0. The van der Waals surface area contributed by atoms with Gasteiger partial charge in [0.2, 0.25) is 0 Å². The van der Waals surface area contributed by atoms with E-state index in [4.69, 9.17) is 9.47 Å². The average Bonchev–Trinajstić information content (AvgIpc) is 2.73. The highest BCUT2D eigenvalue weighted by Gasteiger charge is 2.24. The Bertz CT molecular complexity index is 827. The Labute approximate surface area is 171 Å². The lowest BCUT2D eigenvalue weighted by Gasteiger charge is -2.32. The summed E-state index contributed by atoms with van der Waals surface area (Å²) in [7, 11) is 0. The molecule has 0 spiro atoms. The third-order valence-electron chi connectivity index (χ3n) is 4.92. The zero-order valence-corrected chi connectivity index (χ0v) is 17.0. The molecule has 0 aromatic heterocycles. The summed E-state index contributed by atoms with van der Waals surface area (Å²) in [5.74, 6) is 1.30. The van der Waals surface area contributed by atoms with Crippen LogP contribution in [0, 0.1) is 6.92 Å². The molecular weight excluding hydrogens is 368 g/mol. The minimum atomic E-state index is -0.151. The van der Waals surface area contributed by atoms with E-state index in [9.17, 15) is 9.59 Å². The molecule has 1 N–H and O–H groups in total. The zero-order chi connectivity index (χ0) is 20.6. The van der Waals surface area contributed by atoms with Crippen molar-refractivity contribution >= 4 is 11.8 Å². The molecule has 0 saturated carbocycles. The maximum atomic E-state index is 12.6. The van der Waals surface area contributed by atoms with Gasteiger partial charge in [-0.25, -0.2) is 0 Å². The number of hydrogen-bond acceptors (Lipinski definition) is 4. The maximum Gasteiger partial charge on any atom is 0.258 e. The van der Waals surface area contributed by atoms with Crippen LogP contribution in [0.2, 0.25) is 0 Å². The third kappa shape index (κ3) is 5.98. The summed E-state index contributed by atoms with van der Waals surface area (Å²) in [5, 5.41) is 3.00. The topological polar surface area (TPSA) is 67.9 Å². The number of aryl methyl sites for hydroxylation is 1. The number of piperidine rings is 1. The number of hydrogen-bond donors (Lipinski definition) is 1. The average molecular weight is 396 g/mol. The lowest BCUT2D eigenvalue weighted by molar-refractivity contribution is -0.124. The predicted molar refractivity (Wildman–Crippen MR) is 111 cm³/mol. The van der Waals surface area contributed by atoms with Crippen LogP contribution in [0.5, 0.6) is 11.5 Å². The second-order valence-corrected chi connectivity index (χ2v) is 7.20. The summed E-state index contributed by atoms with van der Waals surface area (Å²) in [4.78, 5) is 26.7. The summed E-state index contributed by atoms with van der Waals surface area (Å²) in [6.07, 6.45) is 1.48. The van der Waals surface area contributed by atoms with Gasteiger partial charge < -0.3 is 19.7 Å². The van der Waals surface area contributed by atoms with E-state index >= 15 is 0 Å². The lowest BCUT2D eigenvalue weighted by Crippen LogP contribution is -2.47. The molecule has 0 radical (unpaired) electrons. The number of benzene rings is 2. The summed E-state index contributed by atoms with van der Waals surface area (Å²) in [6.45, 7) is 5.76. The first-order chi connectivity index (χ1) is 14.0. The standard InChI is InChI=1S/C23H28N2O4/c1-3-28-20-7-9-21(10-8-20)29-16-22(26)24-19-11-13-25(14-12-19)23(27)18-6-4-5-17(2)15-18/h4-10,15,19H,3,11-14,16H2,1-2H3,(H,24,26). The molecule has 6 nitrogen and oxygen atoms in total. The van der Waals surface area contributed by atoms with E-state index in [1.165, 1.54) is 0 Å². The Balaban J connectivity index is 1.40. The number of nitrogens with zero attached hydrogens (tertiary/aromatic N) is 1. The second-order valence-electron chi connectivity index (χ2n) is 7.20. The van der Waals surface area contributed by atoms with Crippen LogP contribution in [0.25, 0.3) is 0 Å². The van der Waals surface area contributed by atoms with Crippen molar-refractivity contribution in [2.45, 2.75) is 32.7 Å². The van der Waals surface area contributed by atoms with E-state index < -0.39 is 0 Å². The molecule has 3 rings (SSSR count). The van der Waals surface area contributed by atoms with Crippen molar-refractivity contribution in [1.82, 2.24) is 10.2 Å². The van der Waals surface area contributed by atoms with E-state index in [0.717, 1.165) is 29.7 Å². The van der Waals surface area contributed by atoms with Crippen molar-refractivity contribution in [1.29, 1.82) is 0 Å². The van der Waals surface area contributed by atoms with E-state index in [0.29, 0.717) is 25.4 Å². The highest BCUT2D eigenvalue weighted by molar-refractivity contribution is 5.94. The first-order valence-corrected chi connectivity index (χ1v) is 10.1. The van der Waals surface area contributed by atoms with Crippen molar-refractivity contribution < 1.29 is 19.1 Å². The number of rotatable bonds is 7. The minimum absolute atomic E-state index is 0.0313. The molecule has 6 heteroatoms. The van der Waals surface area contributed by atoms with Crippen LogP contribution in [-0.2, 0) is 4.79 Å². The monoisotopic (exact) mass is 396 g/mol. The van der Waals surface area contributed by atoms with Gasteiger partial charge in [-0.1, -0.05) is 17.7 Å². The van der Waals surface area contributed by atoms with Crippen LogP contribution in [0.3, 0.4) is 0 Å². The fourth-order valence-corrected chi connectivity index (χ4v) is 3.40. The van der Waals surface area contributed by atoms with Crippen LogP contribution in [0.4, 0.5) is 0 Å². The van der Waals surface area contributed by atoms with Crippen LogP contribution in [0.15, 0.2) is 48.5 Å². The number of nitrogens with one attached hydrogen (secondary N) is 1. The normalized spacial score (nSPS) is 14.3. The largest absolute Gasteiger partial charge is 0.494 e. The van der Waals surface area contributed by atoms with E-state index in [1.54, 1.807) is 12.1 Å². The SMILES string of the molecule is CCOc1ccc(OCC(=O)NC2CCN(C(=O)c3cccc(C)c3)CC2)cc1. The van der Waals surface area contributed by atoms with Crippen LogP contribution >= 0.6 is 0 Å². The Morgan fingerprint density at radius 2 is 1.69 bits per heavy atom. The number of ether oxygens (including phenoxy) is 2. The molecule has 2 aromatic carbocycles. The van der Waals surface area contributed by atoms with Crippen LogP contribution in [-0.4, -0.2) is 49.1 Å². The Kier molecular flexibility index (Phi) is 7.11. The Morgan fingerprint density at radius 1 is 1.03 bits per heavy atom. The summed E-state index contributed by atoms with van der Waals surface area (Å²) in [6, 6.07) is 14.9. The molecule has 0 aliphatic carbocycles. The maximum absolute atomic E-state index is 12.6. The molecule has 1 aliphatic heterocycles. The van der Waals surface area contributed by atoms with Crippen molar-refractivity contribution in [3.05, 3.63) is 59.7 Å². The molecule has 2 amide bonds. The first-order valence-electron chi connectivity index (χ1n) is 10.1. The minimum Gasteiger partial charge on any atom is -0.494 e. The molecule has 1 saturated heterocycles. The number of likely N-dealkylation sites (tertiary alicyclic amines) is 1. The third-order valence-corrected chi connectivity index (χ3v) is 4.92. The fourth-order valence-electron chi connectivity index (χ4n) is 3.40. The summed E-state index contributed by atoms with van der Waals surface area (Å²) >= 11 is 0. The van der Waals surface area contributed by atoms with Gasteiger partial charge >= 0.3 is 0 Å². The van der Waals surface area contributed by atoms with Crippen LogP contribution in [0.1, 0.15) is 35.7 Å². The number of carbonyl (C=O) groups is 2. The van der Waals surface area contributed by atoms with Crippen molar-refractivity contribution in [2.24, 2.45) is 0 Å². The van der Waals surface area contributed by atoms with E-state index in [2.05, 4.69) is 5.32 Å². The van der Waals surface area contributed by atoms with Gasteiger partial charge in [0.15, 0.2) is 6.61 Å². The van der Waals surface area contributed by atoms with Gasteiger partial charge in [0, 0.05) is 24.7 Å². The predicted octanol–water partition coefficient (Wildman–Crippen LogP) is 3.19. The van der Waals surface area contributed by atoms with Gasteiger partial charge in [-0.05, 0) is 63.1 Å². The van der Waals surface area contributed by atoms with Crippen molar-refractivity contribution in [2.75, 3.05) is 26.3 Å². The molecule has 2 aromatic rings. The van der Waals surface area contributed by atoms with Gasteiger partial charge in [0.05, 0.1) is 6.61 Å². The fraction of sp³-hybridized carbons (Fsp3) is 0.391. The Morgan fingerprint density at radius 3 is 2.31 bits per heavy atom. The number of carbonyl (C=O) groups excluding carboxylic acids is 2. The summed E-state index contributed by atoms with van der Waals surface area (Å²) < 4.78 is 10.9. The molecule has 1 aliphatic rings. The molecule has 1 heterocycles.